The largest absolute Gasteiger partial charge is 0.420 e. The first-order valence-electron chi connectivity index (χ1n) is 6.17. The van der Waals surface area contributed by atoms with Crippen molar-refractivity contribution in [2.75, 3.05) is 13.1 Å². The summed E-state index contributed by atoms with van der Waals surface area (Å²) in [7, 11) is 0. The molecule has 0 spiro atoms. The lowest BCUT2D eigenvalue weighted by molar-refractivity contribution is 0.482. The van der Waals surface area contributed by atoms with Crippen LogP contribution >= 0.6 is 24.0 Å². The summed E-state index contributed by atoms with van der Waals surface area (Å²) in [5.74, 6) is 0.140. The Hall–Kier alpha value is -1.27. The third-order valence-electron chi connectivity index (χ3n) is 2.91. The van der Waals surface area contributed by atoms with E-state index in [9.17, 15) is 4.79 Å². The van der Waals surface area contributed by atoms with Gasteiger partial charge in [-0.3, -0.25) is 4.57 Å². The van der Waals surface area contributed by atoms with E-state index in [1.807, 2.05) is 18.2 Å². The summed E-state index contributed by atoms with van der Waals surface area (Å²) >= 11 is 6.84. The summed E-state index contributed by atoms with van der Waals surface area (Å²) < 4.78 is 7.60. The molecule has 2 rings (SSSR count). The number of oxazole rings is 1. The van der Waals surface area contributed by atoms with Gasteiger partial charge in [0.2, 0.25) is 0 Å². The van der Waals surface area contributed by atoms with Crippen molar-refractivity contribution in [2.24, 2.45) is 0 Å². The number of thioether (sulfide) groups is 1. The lowest BCUT2D eigenvalue weighted by Crippen LogP contribution is -2.27. The number of hydrogen-bond donors (Lipinski definition) is 0. The molecule has 19 heavy (non-hydrogen) atoms. The normalized spacial score (nSPS) is 10.8. The fourth-order valence-corrected chi connectivity index (χ4v) is 3.17. The molecule has 2 aromatic rings. The zero-order valence-corrected chi connectivity index (χ0v) is 12.6. The van der Waals surface area contributed by atoms with Crippen molar-refractivity contribution in [1.82, 2.24) is 9.47 Å². The third-order valence-corrected chi connectivity index (χ3v) is 4.42. The van der Waals surface area contributed by atoms with Crippen LogP contribution < -0.4 is 5.76 Å². The average Bonchev–Trinajstić information content (AvgIpc) is 2.73. The maximum Gasteiger partial charge on any atom is 0.420 e. The highest BCUT2D eigenvalue weighted by molar-refractivity contribution is 8.22. The maximum absolute atomic E-state index is 11.8. The summed E-state index contributed by atoms with van der Waals surface area (Å²) in [6.45, 7) is 5.89. The fourth-order valence-electron chi connectivity index (χ4n) is 1.83. The molecule has 102 valence electrons. The molecule has 6 heteroatoms. The highest BCUT2D eigenvalue weighted by Crippen LogP contribution is 2.17. The molecule has 4 nitrogen and oxygen atoms in total. The van der Waals surface area contributed by atoms with E-state index in [1.54, 1.807) is 10.6 Å². The monoisotopic (exact) mass is 296 g/mol. The van der Waals surface area contributed by atoms with Gasteiger partial charge in [0.25, 0.3) is 0 Å². The minimum atomic E-state index is -0.337. The van der Waals surface area contributed by atoms with Gasteiger partial charge in [-0.05, 0) is 26.0 Å². The SMILES string of the molecule is CCN(CC)C(=S)SCn1c(=O)oc2ccccc21. The van der Waals surface area contributed by atoms with Gasteiger partial charge in [0.15, 0.2) is 5.58 Å². The number of rotatable bonds is 4. The van der Waals surface area contributed by atoms with Gasteiger partial charge in [-0.15, -0.1) is 0 Å². The van der Waals surface area contributed by atoms with Crippen LogP contribution in [-0.2, 0) is 5.88 Å². The lowest BCUT2D eigenvalue weighted by atomic mass is 10.3. The molecule has 0 amide bonds. The van der Waals surface area contributed by atoms with Gasteiger partial charge in [0, 0.05) is 13.1 Å². The summed E-state index contributed by atoms with van der Waals surface area (Å²) in [4.78, 5) is 13.9. The smallest absolute Gasteiger partial charge is 0.408 e. The van der Waals surface area contributed by atoms with Crippen molar-refractivity contribution in [3.05, 3.63) is 34.8 Å². The second kappa shape index (κ2) is 6.25. The number of fused-ring (bicyclic) bond motifs is 1. The molecule has 0 radical (unpaired) electrons. The standard InChI is InChI=1S/C13H16N2O2S2/c1-3-14(4-2)13(18)19-9-15-10-7-5-6-8-11(10)17-12(15)16/h5-8H,3-4,9H2,1-2H3. The summed E-state index contributed by atoms with van der Waals surface area (Å²) in [6, 6.07) is 7.41. The van der Waals surface area contributed by atoms with Gasteiger partial charge in [-0.2, -0.15) is 0 Å². The molecule has 0 saturated carbocycles. The number of para-hydroxylation sites is 2. The third kappa shape index (κ3) is 3.01. The van der Waals surface area contributed by atoms with Gasteiger partial charge >= 0.3 is 5.76 Å². The summed E-state index contributed by atoms with van der Waals surface area (Å²) in [5, 5.41) is 0. The predicted molar refractivity (Wildman–Crippen MR) is 83.6 cm³/mol. The van der Waals surface area contributed by atoms with E-state index in [2.05, 4.69) is 18.7 Å². The van der Waals surface area contributed by atoms with E-state index < -0.39 is 0 Å². The van der Waals surface area contributed by atoms with E-state index in [1.165, 1.54) is 11.8 Å². The van der Waals surface area contributed by atoms with Gasteiger partial charge in [0.05, 0.1) is 11.4 Å². The molecule has 0 unspecified atom stereocenters. The topological polar surface area (TPSA) is 38.4 Å². The van der Waals surface area contributed by atoms with Gasteiger partial charge < -0.3 is 9.32 Å². The Bertz CT molecular complexity index is 629. The first-order chi connectivity index (χ1) is 9.17. The van der Waals surface area contributed by atoms with Crippen LogP contribution in [0.25, 0.3) is 11.1 Å². The van der Waals surface area contributed by atoms with E-state index in [0.29, 0.717) is 11.5 Å². The van der Waals surface area contributed by atoms with Crippen LogP contribution in [0.2, 0.25) is 0 Å². The van der Waals surface area contributed by atoms with E-state index >= 15 is 0 Å². The molecular formula is C13H16N2O2S2. The molecule has 1 aromatic heterocycles. The minimum absolute atomic E-state index is 0.337. The first-order valence-corrected chi connectivity index (χ1v) is 7.56. The highest BCUT2D eigenvalue weighted by Gasteiger charge is 2.11. The van der Waals surface area contributed by atoms with Crippen molar-refractivity contribution >= 4 is 39.4 Å². The average molecular weight is 296 g/mol. The van der Waals surface area contributed by atoms with Gasteiger partial charge in [-0.25, -0.2) is 4.79 Å². The zero-order valence-electron chi connectivity index (χ0n) is 11.0. The summed E-state index contributed by atoms with van der Waals surface area (Å²) in [6.07, 6.45) is 0. The molecule has 1 heterocycles. The lowest BCUT2D eigenvalue weighted by Gasteiger charge is -2.20. The van der Waals surface area contributed by atoms with Gasteiger partial charge in [0.1, 0.15) is 4.32 Å². The van der Waals surface area contributed by atoms with Crippen LogP contribution in [0.1, 0.15) is 13.8 Å². The number of benzene rings is 1. The Kier molecular flexibility index (Phi) is 4.66. The molecule has 0 saturated heterocycles. The van der Waals surface area contributed by atoms with Crippen LogP contribution in [-0.4, -0.2) is 26.9 Å². The van der Waals surface area contributed by atoms with E-state index in [4.69, 9.17) is 16.6 Å². The van der Waals surface area contributed by atoms with E-state index in [0.717, 1.165) is 22.9 Å². The number of nitrogens with zero attached hydrogens (tertiary/aromatic N) is 2. The molecule has 0 aliphatic rings. The highest BCUT2D eigenvalue weighted by atomic mass is 32.2. The van der Waals surface area contributed by atoms with Crippen LogP contribution in [0.15, 0.2) is 33.5 Å². The van der Waals surface area contributed by atoms with Crippen molar-refractivity contribution in [3.8, 4) is 0 Å². The number of thiocarbonyl (C=S) groups is 1. The molecule has 0 N–H and O–H groups in total. The zero-order chi connectivity index (χ0) is 13.8. The molecule has 0 atom stereocenters. The number of hydrogen-bond acceptors (Lipinski definition) is 4. The molecule has 0 fully saturated rings. The Morgan fingerprint density at radius 3 is 2.74 bits per heavy atom. The van der Waals surface area contributed by atoms with Crippen molar-refractivity contribution < 1.29 is 4.42 Å². The minimum Gasteiger partial charge on any atom is -0.408 e. The molecule has 0 aliphatic heterocycles. The molecule has 0 aliphatic carbocycles. The van der Waals surface area contributed by atoms with Crippen LogP contribution in [0.3, 0.4) is 0 Å². The Morgan fingerprint density at radius 2 is 2.05 bits per heavy atom. The quantitative estimate of drug-likeness (QED) is 0.811. The second-order valence-electron chi connectivity index (χ2n) is 3.98. The fraction of sp³-hybridized carbons (Fsp3) is 0.385. The Labute approximate surface area is 121 Å². The first kappa shape index (κ1) is 14.1. The Balaban J connectivity index is 2.16. The summed E-state index contributed by atoms with van der Waals surface area (Å²) in [5.41, 5.74) is 1.42. The van der Waals surface area contributed by atoms with Crippen molar-refractivity contribution in [3.63, 3.8) is 0 Å². The Morgan fingerprint density at radius 1 is 1.37 bits per heavy atom. The molecule has 1 aromatic carbocycles. The maximum atomic E-state index is 11.8. The molecular weight excluding hydrogens is 280 g/mol. The van der Waals surface area contributed by atoms with Crippen molar-refractivity contribution in [1.29, 1.82) is 0 Å². The van der Waals surface area contributed by atoms with Crippen LogP contribution in [0, 0.1) is 0 Å². The van der Waals surface area contributed by atoms with Crippen LogP contribution in [0.4, 0.5) is 0 Å². The van der Waals surface area contributed by atoms with Gasteiger partial charge in [-0.1, -0.05) is 36.1 Å². The van der Waals surface area contributed by atoms with E-state index in [-0.39, 0.29) is 5.76 Å². The number of aromatic nitrogens is 1. The predicted octanol–water partition coefficient (Wildman–Crippen LogP) is 2.91. The molecule has 0 bridgehead atoms. The van der Waals surface area contributed by atoms with Crippen molar-refractivity contribution in [2.45, 2.75) is 19.7 Å². The second-order valence-corrected chi connectivity index (χ2v) is 5.55. The van der Waals surface area contributed by atoms with Crippen LogP contribution in [0.5, 0.6) is 0 Å².